The topological polar surface area (TPSA) is 54.0 Å². The van der Waals surface area contributed by atoms with Crippen LogP contribution in [0.1, 0.15) is 26.7 Å². The van der Waals surface area contributed by atoms with Crippen molar-refractivity contribution < 1.29 is 23.7 Å². The number of rotatable bonds is 3. The van der Waals surface area contributed by atoms with E-state index in [4.69, 9.17) is 18.9 Å². The van der Waals surface area contributed by atoms with Crippen LogP contribution in [-0.2, 0) is 23.7 Å². The molecule has 5 heteroatoms. The standard InChI is InChI=1S/C11H18O5/c1-3-14-9(12)11(4-6-13-7-5-11)10-15-8(2)16-10/h8,10H,3-7H2,1-2H3. The van der Waals surface area contributed by atoms with Crippen molar-refractivity contribution in [2.45, 2.75) is 39.3 Å². The predicted octanol–water partition coefficient (Wildman–Crippen LogP) is 1.07. The number of hydrogen-bond acceptors (Lipinski definition) is 5. The lowest BCUT2D eigenvalue weighted by molar-refractivity contribution is -0.411. The van der Waals surface area contributed by atoms with Crippen molar-refractivity contribution >= 4 is 5.97 Å². The Kier molecular flexibility index (Phi) is 3.47. The average molecular weight is 230 g/mol. The molecule has 2 heterocycles. The maximum atomic E-state index is 12.0. The second kappa shape index (κ2) is 4.69. The molecular weight excluding hydrogens is 212 g/mol. The summed E-state index contributed by atoms with van der Waals surface area (Å²) in [5.74, 6) is -0.227. The molecule has 2 fully saturated rings. The molecule has 0 amide bonds. The van der Waals surface area contributed by atoms with Gasteiger partial charge in [0.15, 0.2) is 12.6 Å². The van der Waals surface area contributed by atoms with Crippen LogP contribution in [0.25, 0.3) is 0 Å². The number of carbonyl (C=O) groups is 1. The van der Waals surface area contributed by atoms with Gasteiger partial charge in [-0.15, -0.1) is 0 Å². The summed E-state index contributed by atoms with van der Waals surface area (Å²) in [4.78, 5) is 12.0. The van der Waals surface area contributed by atoms with E-state index >= 15 is 0 Å². The predicted molar refractivity (Wildman–Crippen MR) is 54.5 cm³/mol. The molecule has 0 aromatic carbocycles. The Bertz CT molecular complexity index is 253. The van der Waals surface area contributed by atoms with Gasteiger partial charge in [0.25, 0.3) is 0 Å². The zero-order chi connectivity index (χ0) is 11.6. The van der Waals surface area contributed by atoms with E-state index in [1.54, 1.807) is 6.92 Å². The number of hydrogen-bond donors (Lipinski definition) is 0. The molecule has 2 saturated heterocycles. The largest absolute Gasteiger partial charge is 0.465 e. The van der Waals surface area contributed by atoms with Gasteiger partial charge in [0.05, 0.1) is 6.61 Å². The van der Waals surface area contributed by atoms with Crippen LogP contribution in [0, 0.1) is 5.41 Å². The molecule has 16 heavy (non-hydrogen) atoms. The third-order valence-corrected chi connectivity index (χ3v) is 3.15. The van der Waals surface area contributed by atoms with Gasteiger partial charge in [-0.1, -0.05) is 0 Å². The number of carbonyl (C=O) groups excluding carboxylic acids is 1. The molecule has 92 valence electrons. The quantitative estimate of drug-likeness (QED) is 0.679. The average Bonchev–Trinajstić information content (AvgIpc) is 2.26. The Labute approximate surface area is 95.0 Å². The van der Waals surface area contributed by atoms with E-state index in [2.05, 4.69) is 0 Å². The lowest BCUT2D eigenvalue weighted by Crippen LogP contribution is -2.57. The molecule has 0 aromatic rings. The highest BCUT2D eigenvalue weighted by molar-refractivity contribution is 5.77. The Morgan fingerprint density at radius 1 is 1.38 bits per heavy atom. The van der Waals surface area contributed by atoms with Gasteiger partial charge in [-0.25, -0.2) is 0 Å². The van der Waals surface area contributed by atoms with Crippen LogP contribution in [0.15, 0.2) is 0 Å². The van der Waals surface area contributed by atoms with Crippen molar-refractivity contribution in [1.82, 2.24) is 0 Å². The summed E-state index contributed by atoms with van der Waals surface area (Å²) in [5.41, 5.74) is -0.666. The van der Waals surface area contributed by atoms with Crippen LogP contribution in [0.5, 0.6) is 0 Å². The maximum Gasteiger partial charge on any atom is 0.317 e. The van der Waals surface area contributed by atoms with Gasteiger partial charge < -0.3 is 18.9 Å². The molecular formula is C11H18O5. The summed E-state index contributed by atoms with van der Waals surface area (Å²) >= 11 is 0. The summed E-state index contributed by atoms with van der Waals surface area (Å²) < 4.78 is 21.3. The van der Waals surface area contributed by atoms with E-state index in [1.165, 1.54) is 0 Å². The minimum Gasteiger partial charge on any atom is -0.465 e. The van der Waals surface area contributed by atoms with Crippen LogP contribution in [0.2, 0.25) is 0 Å². The van der Waals surface area contributed by atoms with E-state index in [-0.39, 0.29) is 12.3 Å². The monoisotopic (exact) mass is 230 g/mol. The van der Waals surface area contributed by atoms with E-state index in [0.29, 0.717) is 32.7 Å². The van der Waals surface area contributed by atoms with Crippen LogP contribution >= 0.6 is 0 Å². The molecule has 2 rings (SSSR count). The van der Waals surface area contributed by atoms with Gasteiger partial charge in [0.1, 0.15) is 5.41 Å². The Morgan fingerprint density at radius 2 is 2.00 bits per heavy atom. The molecule has 0 bridgehead atoms. The second-order valence-corrected chi connectivity index (χ2v) is 4.16. The van der Waals surface area contributed by atoms with Crippen LogP contribution < -0.4 is 0 Å². The van der Waals surface area contributed by atoms with Gasteiger partial charge in [-0.2, -0.15) is 0 Å². The van der Waals surface area contributed by atoms with Crippen LogP contribution in [0.4, 0.5) is 0 Å². The third kappa shape index (κ3) is 1.95. The maximum absolute atomic E-state index is 12.0. The molecule has 0 atom stereocenters. The first-order valence-corrected chi connectivity index (χ1v) is 5.75. The van der Waals surface area contributed by atoms with Gasteiger partial charge in [0, 0.05) is 13.2 Å². The minimum absolute atomic E-state index is 0.223. The van der Waals surface area contributed by atoms with Crippen LogP contribution in [0.3, 0.4) is 0 Å². The van der Waals surface area contributed by atoms with Crippen LogP contribution in [-0.4, -0.2) is 38.4 Å². The molecule has 2 aliphatic rings. The highest BCUT2D eigenvalue weighted by atomic mass is 16.9. The summed E-state index contributed by atoms with van der Waals surface area (Å²) in [6.45, 7) is 5.10. The fraction of sp³-hybridized carbons (Fsp3) is 0.909. The lowest BCUT2D eigenvalue weighted by atomic mass is 9.79. The van der Waals surface area contributed by atoms with Gasteiger partial charge in [-0.3, -0.25) is 4.79 Å². The van der Waals surface area contributed by atoms with Crippen molar-refractivity contribution in [2.24, 2.45) is 5.41 Å². The Balaban J connectivity index is 2.08. The van der Waals surface area contributed by atoms with Gasteiger partial charge in [-0.05, 0) is 26.7 Å². The van der Waals surface area contributed by atoms with Crippen molar-refractivity contribution in [1.29, 1.82) is 0 Å². The molecule has 0 radical (unpaired) electrons. The number of ether oxygens (including phenoxy) is 4. The second-order valence-electron chi connectivity index (χ2n) is 4.16. The molecule has 0 aromatic heterocycles. The molecule has 0 spiro atoms. The Hall–Kier alpha value is -0.650. The summed E-state index contributed by atoms with van der Waals surface area (Å²) in [5, 5.41) is 0. The van der Waals surface area contributed by atoms with E-state index in [9.17, 15) is 4.79 Å². The first-order chi connectivity index (χ1) is 7.69. The van der Waals surface area contributed by atoms with Crippen molar-refractivity contribution in [3.8, 4) is 0 Å². The summed E-state index contributed by atoms with van der Waals surface area (Å²) in [7, 11) is 0. The number of esters is 1. The van der Waals surface area contributed by atoms with Crippen molar-refractivity contribution in [3.63, 3.8) is 0 Å². The smallest absolute Gasteiger partial charge is 0.317 e. The third-order valence-electron chi connectivity index (χ3n) is 3.15. The Morgan fingerprint density at radius 3 is 2.50 bits per heavy atom. The van der Waals surface area contributed by atoms with E-state index < -0.39 is 11.7 Å². The van der Waals surface area contributed by atoms with Crippen molar-refractivity contribution in [3.05, 3.63) is 0 Å². The fourth-order valence-electron chi connectivity index (χ4n) is 2.17. The molecule has 0 N–H and O–H groups in total. The van der Waals surface area contributed by atoms with Gasteiger partial charge >= 0.3 is 5.97 Å². The molecule has 0 unspecified atom stereocenters. The lowest BCUT2D eigenvalue weighted by Gasteiger charge is -2.47. The van der Waals surface area contributed by atoms with Gasteiger partial charge in [0.2, 0.25) is 0 Å². The summed E-state index contributed by atoms with van der Waals surface area (Å²) in [6, 6.07) is 0. The minimum atomic E-state index is -0.666. The normalized spacial score (nSPS) is 32.9. The molecule has 5 nitrogen and oxygen atoms in total. The van der Waals surface area contributed by atoms with E-state index in [0.717, 1.165) is 0 Å². The van der Waals surface area contributed by atoms with E-state index in [1.807, 2.05) is 6.92 Å². The molecule has 2 aliphatic heterocycles. The fourth-order valence-corrected chi connectivity index (χ4v) is 2.17. The highest BCUT2D eigenvalue weighted by Gasteiger charge is 2.54. The van der Waals surface area contributed by atoms with Crippen molar-refractivity contribution in [2.75, 3.05) is 19.8 Å². The first kappa shape index (κ1) is 11.8. The first-order valence-electron chi connectivity index (χ1n) is 5.75. The highest BCUT2D eigenvalue weighted by Crippen LogP contribution is 2.42. The molecule has 0 aliphatic carbocycles. The zero-order valence-electron chi connectivity index (χ0n) is 9.73. The SMILES string of the molecule is CCOC(=O)C1(C2OC(C)O2)CCOCC1. The zero-order valence-corrected chi connectivity index (χ0v) is 9.73. The molecule has 0 saturated carbocycles. The summed E-state index contributed by atoms with van der Waals surface area (Å²) in [6.07, 6.45) is 0.511.